The number of nitrogens with zero attached hydrogens (tertiary/aromatic N) is 2. The number of hydrogen-bond acceptors (Lipinski definition) is 3. The van der Waals surface area contributed by atoms with Crippen LogP contribution in [-0.4, -0.2) is 16.2 Å². The molecule has 0 fully saturated rings. The van der Waals surface area contributed by atoms with Gasteiger partial charge in [0.1, 0.15) is 5.82 Å². The first kappa shape index (κ1) is 15.1. The van der Waals surface area contributed by atoms with Crippen molar-refractivity contribution in [1.29, 1.82) is 0 Å². The van der Waals surface area contributed by atoms with Gasteiger partial charge in [-0.1, -0.05) is 18.2 Å². The number of rotatable bonds is 3. The number of aromatic amines is 1. The summed E-state index contributed by atoms with van der Waals surface area (Å²) in [5, 5.41) is 5.07. The van der Waals surface area contributed by atoms with Gasteiger partial charge in [-0.05, 0) is 25.1 Å². The number of anilines is 1. The normalized spacial score (nSPS) is 12.2. The number of nitrogens with one attached hydrogen (secondary N) is 2. The number of halogens is 3. The van der Waals surface area contributed by atoms with Crippen molar-refractivity contribution in [3.8, 4) is 0 Å². The molecule has 0 saturated carbocycles. The summed E-state index contributed by atoms with van der Waals surface area (Å²) in [5.41, 5.74) is 4.71. The summed E-state index contributed by atoms with van der Waals surface area (Å²) < 4.78 is 37.4. The van der Waals surface area contributed by atoms with Gasteiger partial charge in [0.2, 0.25) is 0 Å². The highest BCUT2D eigenvalue weighted by Gasteiger charge is 2.30. The molecule has 0 aliphatic carbocycles. The van der Waals surface area contributed by atoms with E-state index in [1.165, 1.54) is 6.07 Å². The molecule has 3 rings (SSSR count). The lowest BCUT2D eigenvalue weighted by Crippen LogP contribution is -2.05. The molecule has 1 aromatic carbocycles. The number of aryl methyl sites for hydroxylation is 1. The van der Waals surface area contributed by atoms with Gasteiger partial charge in [0, 0.05) is 28.4 Å². The molecule has 2 aromatic heterocycles. The van der Waals surface area contributed by atoms with Gasteiger partial charge in [-0.25, -0.2) is 4.98 Å². The molecule has 118 valence electrons. The SMILES string of the molecule is Cc1[nH]c2ccccc2c1/C=N\Nc1ccc(C(F)(F)F)cn1. The van der Waals surface area contributed by atoms with Crippen molar-refractivity contribution in [3.05, 3.63) is 59.4 Å². The molecule has 0 amide bonds. The third kappa shape index (κ3) is 3.18. The Morgan fingerprint density at radius 1 is 1.17 bits per heavy atom. The second-order valence-electron chi connectivity index (χ2n) is 5.01. The number of pyridine rings is 1. The Kier molecular flexibility index (Phi) is 3.77. The van der Waals surface area contributed by atoms with E-state index in [-0.39, 0.29) is 5.82 Å². The number of hydrazone groups is 1. The van der Waals surface area contributed by atoms with E-state index < -0.39 is 11.7 Å². The number of benzene rings is 1. The van der Waals surface area contributed by atoms with Gasteiger partial charge in [-0.2, -0.15) is 18.3 Å². The zero-order valence-electron chi connectivity index (χ0n) is 12.1. The largest absolute Gasteiger partial charge is 0.417 e. The number of fused-ring (bicyclic) bond motifs is 1. The van der Waals surface area contributed by atoms with Crippen LogP contribution in [0.25, 0.3) is 10.9 Å². The van der Waals surface area contributed by atoms with Crippen LogP contribution in [0.3, 0.4) is 0 Å². The second-order valence-corrected chi connectivity index (χ2v) is 5.01. The first-order valence-corrected chi connectivity index (χ1v) is 6.85. The van der Waals surface area contributed by atoms with Crippen molar-refractivity contribution < 1.29 is 13.2 Å². The van der Waals surface area contributed by atoms with Crippen LogP contribution in [0, 0.1) is 6.92 Å². The predicted molar refractivity (Wildman–Crippen MR) is 83.5 cm³/mol. The molecular weight excluding hydrogens is 305 g/mol. The molecule has 0 aliphatic rings. The number of aromatic nitrogens is 2. The summed E-state index contributed by atoms with van der Waals surface area (Å²) in [6.07, 6.45) is -2.00. The number of alkyl halides is 3. The zero-order valence-corrected chi connectivity index (χ0v) is 12.1. The molecule has 2 heterocycles. The molecule has 0 bridgehead atoms. The van der Waals surface area contributed by atoms with E-state index in [0.29, 0.717) is 0 Å². The Morgan fingerprint density at radius 3 is 2.65 bits per heavy atom. The van der Waals surface area contributed by atoms with E-state index in [1.54, 1.807) is 6.21 Å². The molecule has 7 heteroatoms. The highest BCUT2D eigenvalue weighted by Crippen LogP contribution is 2.28. The molecular formula is C16H13F3N4. The fraction of sp³-hybridized carbons (Fsp3) is 0.125. The van der Waals surface area contributed by atoms with Crippen LogP contribution in [0.5, 0.6) is 0 Å². The van der Waals surface area contributed by atoms with E-state index in [9.17, 15) is 13.2 Å². The molecule has 4 nitrogen and oxygen atoms in total. The van der Waals surface area contributed by atoms with Gasteiger partial charge in [0.25, 0.3) is 0 Å². The topological polar surface area (TPSA) is 53.1 Å². The van der Waals surface area contributed by atoms with Crippen molar-refractivity contribution in [3.63, 3.8) is 0 Å². The maximum atomic E-state index is 12.5. The molecule has 2 N–H and O–H groups in total. The Hall–Kier alpha value is -2.83. The van der Waals surface area contributed by atoms with Crippen molar-refractivity contribution in [2.45, 2.75) is 13.1 Å². The van der Waals surface area contributed by atoms with Gasteiger partial charge in [-0.3, -0.25) is 5.43 Å². The van der Waals surface area contributed by atoms with E-state index in [4.69, 9.17) is 0 Å². The molecule has 3 aromatic rings. The van der Waals surface area contributed by atoms with Crippen LogP contribution < -0.4 is 5.43 Å². The van der Waals surface area contributed by atoms with Gasteiger partial charge >= 0.3 is 6.18 Å². The second kappa shape index (κ2) is 5.75. The van der Waals surface area contributed by atoms with E-state index in [0.717, 1.165) is 34.4 Å². The first-order valence-electron chi connectivity index (χ1n) is 6.85. The van der Waals surface area contributed by atoms with Crippen LogP contribution in [0.15, 0.2) is 47.7 Å². The standard InChI is InChI=1S/C16H13F3N4/c1-10-13(12-4-2-3-5-14(12)22-10)9-21-23-15-7-6-11(8-20-15)16(17,18)19/h2-9,22H,1H3,(H,20,23)/b21-9-. The Morgan fingerprint density at radius 2 is 1.96 bits per heavy atom. The lowest BCUT2D eigenvalue weighted by Gasteiger charge is -2.06. The van der Waals surface area contributed by atoms with E-state index in [2.05, 4.69) is 20.5 Å². The summed E-state index contributed by atoms with van der Waals surface area (Å²) in [5.74, 6) is 0.242. The minimum atomic E-state index is -4.39. The van der Waals surface area contributed by atoms with Crippen LogP contribution in [0.1, 0.15) is 16.8 Å². The van der Waals surface area contributed by atoms with Crippen molar-refractivity contribution in [1.82, 2.24) is 9.97 Å². The number of H-pyrrole nitrogens is 1. The molecule has 0 spiro atoms. The van der Waals surface area contributed by atoms with Crippen LogP contribution in [-0.2, 0) is 6.18 Å². The third-order valence-electron chi connectivity index (χ3n) is 3.41. The van der Waals surface area contributed by atoms with Crippen LogP contribution in [0.4, 0.5) is 19.0 Å². The fourth-order valence-electron chi connectivity index (χ4n) is 2.26. The fourth-order valence-corrected chi connectivity index (χ4v) is 2.26. The number of hydrogen-bond donors (Lipinski definition) is 2. The highest BCUT2D eigenvalue weighted by atomic mass is 19.4. The smallest absolute Gasteiger partial charge is 0.358 e. The lowest BCUT2D eigenvalue weighted by atomic mass is 10.1. The summed E-state index contributed by atoms with van der Waals surface area (Å²) in [6.45, 7) is 1.93. The minimum Gasteiger partial charge on any atom is -0.358 e. The average Bonchev–Trinajstić information content (AvgIpc) is 2.83. The van der Waals surface area contributed by atoms with Gasteiger partial charge < -0.3 is 4.98 Å². The molecule has 0 saturated heterocycles. The van der Waals surface area contributed by atoms with Crippen LogP contribution >= 0.6 is 0 Å². The lowest BCUT2D eigenvalue weighted by molar-refractivity contribution is -0.137. The molecule has 0 aliphatic heterocycles. The van der Waals surface area contributed by atoms with Crippen molar-refractivity contribution in [2.75, 3.05) is 5.43 Å². The first-order chi connectivity index (χ1) is 10.9. The van der Waals surface area contributed by atoms with Crippen molar-refractivity contribution >= 4 is 22.9 Å². The summed E-state index contributed by atoms with van der Waals surface area (Å²) >= 11 is 0. The quantitative estimate of drug-likeness (QED) is 0.557. The predicted octanol–water partition coefficient (Wildman–Crippen LogP) is 4.34. The zero-order chi connectivity index (χ0) is 16.4. The monoisotopic (exact) mass is 318 g/mol. The van der Waals surface area contributed by atoms with Gasteiger partial charge in [0.15, 0.2) is 0 Å². The molecule has 23 heavy (non-hydrogen) atoms. The Bertz CT molecular complexity index is 848. The third-order valence-corrected chi connectivity index (χ3v) is 3.41. The average molecular weight is 318 g/mol. The minimum absolute atomic E-state index is 0.242. The highest BCUT2D eigenvalue weighted by molar-refractivity contribution is 6.00. The molecule has 0 atom stereocenters. The van der Waals surface area contributed by atoms with Gasteiger partial charge in [-0.15, -0.1) is 0 Å². The van der Waals surface area contributed by atoms with E-state index >= 15 is 0 Å². The summed E-state index contributed by atoms with van der Waals surface area (Å²) in [6, 6.07) is 9.99. The van der Waals surface area contributed by atoms with Crippen molar-refractivity contribution in [2.24, 2.45) is 5.10 Å². The number of para-hydroxylation sites is 1. The maximum Gasteiger partial charge on any atom is 0.417 e. The van der Waals surface area contributed by atoms with Gasteiger partial charge in [0.05, 0.1) is 11.8 Å². The summed E-state index contributed by atoms with van der Waals surface area (Å²) in [4.78, 5) is 6.94. The molecule has 0 radical (unpaired) electrons. The van der Waals surface area contributed by atoms with Crippen LogP contribution in [0.2, 0.25) is 0 Å². The Balaban J connectivity index is 1.77. The Labute approximate surface area is 130 Å². The van der Waals surface area contributed by atoms with E-state index in [1.807, 2.05) is 31.2 Å². The summed E-state index contributed by atoms with van der Waals surface area (Å²) in [7, 11) is 0. The maximum absolute atomic E-state index is 12.5. The molecule has 0 unspecified atom stereocenters.